The summed E-state index contributed by atoms with van der Waals surface area (Å²) < 4.78 is 2.21. The minimum atomic E-state index is -0.136. The lowest BCUT2D eigenvalue weighted by molar-refractivity contribution is -0.117. The first-order chi connectivity index (χ1) is 10.0. The number of rotatable bonds is 3. The van der Waals surface area contributed by atoms with E-state index in [1.54, 1.807) is 14.1 Å². The Morgan fingerprint density at radius 1 is 0.727 bits per heavy atom. The molecular weight excluding hydrogens is 625 g/mol. The highest BCUT2D eigenvalue weighted by atomic mass is 127. The molecule has 0 aliphatic rings. The Bertz CT molecular complexity index is 627. The number of hydrogen-bond donors (Lipinski definition) is 0. The smallest absolute Gasteiger partial charge is 0.223 e. The van der Waals surface area contributed by atoms with Gasteiger partial charge in [0.2, 0.25) is 11.8 Å². The number of amides is 2. The van der Waals surface area contributed by atoms with Gasteiger partial charge in [-0.1, -0.05) is 0 Å². The highest BCUT2D eigenvalue weighted by Crippen LogP contribution is 2.42. The summed E-state index contributed by atoms with van der Waals surface area (Å²) in [5, 5.41) is 0. The predicted octanol–water partition coefficient (Wildman–Crippen LogP) is 3.67. The number of anilines is 2. The van der Waals surface area contributed by atoms with Gasteiger partial charge < -0.3 is 9.80 Å². The fourth-order valence-corrected chi connectivity index (χ4v) is 7.22. The molecule has 0 aromatic heterocycles. The first kappa shape index (κ1) is 20.1. The maximum Gasteiger partial charge on any atom is 0.223 e. The molecule has 0 radical (unpaired) electrons. The summed E-state index contributed by atoms with van der Waals surface area (Å²) in [5.41, 5.74) is 1.85. The minimum absolute atomic E-state index is 0.0957. The molecule has 0 saturated heterocycles. The fourth-order valence-electron chi connectivity index (χ4n) is 1.85. The van der Waals surface area contributed by atoms with Crippen LogP contribution in [0.1, 0.15) is 31.1 Å². The molecule has 0 spiro atoms. The molecule has 0 fully saturated rings. The molecule has 22 heavy (non-hydrogen) atoms. The number of carbonyl (C=O) groups is 3. The van der Waals surface area contributed by atoms with Crippen LogP contribution < -0.4 is 9.80 Å². The quantitative estimate of drug-likeness (QED) is 0.375. The summed E-state index contributed by atoms with van der Waals surface area (Å²) in [6.45, 7) is 4.42. The third-order valence-corrected chi connectivity index (χ3v) is 6.36. The van der Waals surface area contributed by atoms with Crippen LogP contribution in [-0.2, 0) is 9.59 Å². The van der Waals surface area contributed by atoms with E-state index < -0.39 is 0 Å². The van der Waals surface area contributed by atoms with E-state index in [-0.39, 0.29) is 17.6 Å². The number of halogens is 3. The molecule has 5 nitrogen and oxygen atoms in total. The second kappa shape index (κ2) is 7.73. The molecule has 0 aliphatic carbocycles. The maximum atomic E-state index is 12.1. The molecule has 1 rings (SSSR count). The van der Waals surface area contributed by atoms with Crippen molar-refractivity contribution in [3.05, 3.63) is 16.3 Å². The molecule has 2 amide bonds. The summed E-state index contributed by atoms with van der Waals surface area (Å²) >= 11 is 6.29. The van der Waals surface area contributed by atoms with Crippen LogP contribution in [0.15, 0.2) is 0 Å². The van der Waals surface area contributed by atoms with Gasteiger partial charge in [0.25, 0.3) is 0 Å². The van der Waals surface area contributed by atoms with Crippen molar-refractivity contribution < 1.29 is 14.4 Å². The van der Waals surface area contributed by atoms with Gasteiger partial charge in [-0.15, -0.1) is 0 Å². The Kier molecular flexibility index (Phi) is 7.05. The summed E-state index contributed by atoms with van der Waals surface area (Å²) in [4.78, 5) is 38.6. The average Bonchev–Trinajstić information content (AvgIpc) is 2.37. The van der Waals surface area contributed by atoms with Gasteiger partial charge in [0.15, 0.2) is 5.78 Å². The van der Waals surface area contributed by atoms with Gasteiger partial charge in [0.1, 0.15) is 0 Å². The standard InChI is InChI=1S/C14H15I3N2O3/c1-6(20)9-10(15)13(18(4)7(2)21)12(17)14(11(9)16)19(5)8(3)22/h1-5H3. The van der Waals surface area contributed by atoms with E-state index >= 15 is 0 Å². The van der Waals surface area contributed by atoms with Crippen molar-refractivity contribution in [2.24, 2.45) is 0 Å². The lowest BCUT2D eigenvalue weighted by Gasteiger charge is -2.27. The lowest BCUT2D eigenvalue weighted by Crippen LogP contribution is -2.30. The average molecular weight is 640 g/mol. The van der Waals surface area contributed by atoms with Crippen molar-refractivity contribution in [1.29, 1.82) is 0 Å². The van der Waals surface area contributed by atoms with Crippen molar-refractivity contribution in [1.82, 2.24) is 0 Å². The Balaban J connectivity index is 3.91. The third-order valence-electron chi connectivity index (χ3n) is 3.24. The molecule has 0 unspecified atom stereocenters. The van der Waals surface area contributed by atoms with Gasteiger partial charge in [0, 0.05) is 40.6 Å². The number of carbonyl (C=O) groups excluding carboxylic acids is 3. The Labute approximate surface area is 170 Å². The molecule has 1 aromatic carbocycles. The van der Waals surface area contributed by atoms with Crippen molar-refractivity contribution in [2.45, 2.75) is 20.8 Å². The van der Waals surface area contributed by atoms with Crippen molar-refractivity contribution in [3.63, 3.8) is 0 Å². The number of hydrogen-bond acceptors (Lipinski definition) is 3. The molecular formula is C14H15I3N2O3. The van der Waals surface area contributed by atoms with Gasteiger partial charge >= 0.3 is 0 Å². The molecule has 0 bridgehead atoms. The number of nitrogens with zero attached hydrogens (tertiary/aromatic N) is 2. The third kappa shape index (κ3) is 3.74. The van der Waals surface area contributed by atoms with E-state index in [1.807, 2.05) is 0 Å². The first-order valence-corrected chi connectivity index (χ1v) is 9.45. The van der Waals surface area contributed by atoms with Crippen LogP contribution in [0.25, 0.3) is 0 Å². The van der Waals surface area contributed by atoms with E-state index in [4.69, 9.17) is 0 Å². The Morgan fingerprint density at radius 2 is 1.05 bits per heavy atom. The van der Waals surface area contributed by atoms with E-state index in [1.165, 1.54) is 30.6 Å². The lowest BCUT2D eigenvalue weighted by atomic mass is 10.1. The topological polar surface area (TPSA) is 57.7 Å². The van der Waals surface area contributed by atoms with Crippen LogP contribution >= 0.6 is 67.8 Å². The summed E-state index contributed by atoms with van der Waals surface area (Å²) in [6, 6.07) is 0. The van der Waals surface area contributed by atoms with Gasteiger partial charge in [-0.2, -0.15) is 0 Å². The van der Waals surface area contributed by atoms with Gasteiger partial charge in [-0.05, 0) is 74.7 Å². The van der Waals surface area contributed by atoms with Crippen molar-refractivity contribution in [2.75, 3.05) is 23.9 Å². The second-order valence-electron chi connectivity index (χ2n) is 4.73. The highest BCUT2D eigenvalue weighted by Gasteiger charge is 2.28. The molecule has 1 aromatic rings. The zero-order valence-electron chi connectivity index (χ0n) is 12.8. The van der Waals surface area contributed by atoms with Crippen molar-refractivity contribution >= 4 is 96.7 Å². The molecule has 0 N–H and O–H groups in total. The molecule has 0 saturated carbocycles. The summed E-state index contributed by atoms with van der Waals surface area (Å²) in [5.74, 6) is -0.368. The summed E-state index contributed by atoms with van der Waals surface area (Å²) in [6.07, 6.45) is 0. The molecule has 0 heterocycles. The van der Waals surface area contributed by atoms with Crippen molar-refractivity contribution in [3.8, 4) is 0 Å². The van der Waals surface area contributed by atoms with E-state index in [2.05, 4.69) is 67.8 Å². The Morgan fingerprint density at radius 3 is 1.27 bits per heavy atom. The van der Waals surface area contributed by atoms with Crippen LogP contribution in [0.2, 0.25) is 0 Å². The fraction of sp³-hybridized carbons (Fsp3) is 0.357. The first-order valence-electron chi connectivity index (χ1n) is 6.22. The van der Waals surface area contributed by atoms with Crippen LogP contribution in [-0.4, -0.2) is 31.7 Å². The molecule has 120 valence electrons. The number of ketones is 1. The highest BCUT2D eigenvalue weighted by molar-refractivity contribution is 14.1. The van der Waals surface area contributed by atoms with E-state index in [9.17, 15) is 14.4 Å². The zero-order chi connectivity index (χ0) is 17.4. The van der Waals surface area contributed by atoms with Crippen LogP contribution in [0, 0.1) is 10.7 Å². The summed E-state index contributed by atoms with van der Waals surface area (Å²) in [7, 11) is 3.33. The second-order valence-corrected chi connectivity index (χ2v) is 7.96. The molecule has 0 aliphatic heterocycles. The maximum absolute atomic E-state index is 12.1. The largest absolute Gasteiger partial charge is 0.314 e. The van der Waals surface area contributed by atoms with Gasteiger partial charge in [-0.3, -0.25) is 14.4 Å². The predicted molar refractivity (Wildman–Crippen MR) is 113 cm³/mol. The monoisotopic (exact) mass is 640 g/mol. The van der Waals surface area contributed by atoms with Gasteiger partial charge in [0.05, 0.1) is 14.9 Å². The number of Topliss-reactive ketones (excluding diaryl/α,β-unsaturated/α-hetero) is 1. The normalized spacial score (nSPS) is 10.4. The van der Waals surface area contributed by atoms with E-state index in [0.717, 1.165) is 10.7 Å². The van der Waals surface area contributed by atoms with E-state index in [0.29, 0.717) is 16.9 Å². The number of benzene rings is 1. The molecule has 0 atom stereocenters. The van der Waals surface area contributed by atoms with Crippen LogP contribution in [0.3, 0.4) is 0 Å². The van der Waals surface area contributed by atoms with Gasteiger partial charge in [-0.25, -0.2) is 0 Å². The zero-order valence-corrected chi connectivity index (χ0v) is 19.2. The Hall–Kier alpha value is 0.0200. The SMILES string of the molecule is CC(=O)c1c(I)c(N(C)C(C)=O)c(I)c(N(C)C(C)=O)c1I. The van der Waals surface area contributed by atoms with Crippen LogP contribution in [0.5, 0.6) is 0 Å². The van der Waals surface area contributed by atoms with Crippen LogP contribution in [0.4, 0.5) is 11.4 Å². The minimum Gasteiger partial charge on any atom is -0.314 e. The molecule has 8 heteroatoms.